The first kappa shape index (κ1) is 19.2. The summed E-state index contributed by atoms with van der Waals surface area (Å²) in [6.45, 7) is 3.24. The molecule has 2 aromatic carbocycles. The molecule has 30 heavy (non-hydrogen) atoms. The minimum Gasteiger partial charge on any atom is -0.492 e. The summed E-state index contributed by atoms with van der Waals surface area (Å²) in [6, 6.07) is 12.3. The third kappa shape index (κ3) is 4.02. The van der Waals surface area contributed by atoms with E-state index in [0.29, 0.717) is 48.4 Å². The predicted octanol–water partition coefficient (Wildman–Crippen LogP) is 4.04. The molecule has 154 valence electrons. The van der Waals surface area contributed by atoms with Gasteiger partial charge in [-0.3, -0.25) is 10.1 Å². The molecule has 0 bridgehead atoms. The van der Waals surface area contributed by atoms with Gasteiger partial charge in [-0.15, -0.1) is 0 Å². The second-order valence-electron chi connectivity index (χ2n) is 6.21. The van der Waals surface area contributed by atoms with Crippen molar-refractivity contribution in [1.29, 1.82) is 0 Å². The van der Waals surface area contributed by atoms with Gasteiger partial charge in [-0.25, -0.2) is 9.97 Å². The lowest BCUT2D eigenvalue weighted by atomic mass is 10.2. The van der Waals surface area contributed by atoms with Crippen LogP contribution in [-0.4, -0.2) is 34.7 Å². The van der Waals surface area contributed by atoms with Crippen molar-refractivity contribution in [2.24, 2.45) is 0 Å². The van der Waals surface area contributed by atoms with E-state index < -0.39 is 4.92 Å². The van der Waals surface area contributed by atoms with Crippen LogP contribution in [0.25, 0.3) is 0 Å². The number of ether oxygens (including phenoxy) is 3. The summed E-state index contributed by atoms with van der Waals surface area (Å²) < 4.78 is 16.6. The van der Waals surface area contributed by atoms with E-state index in [9.17, 15) is 10.1 Å². The van der Waals surface area contributed by atoms with Crippen LogP contribution in [0.2, 0.25) is 0 Å². The van der Waals surface area contributed by atoms with E-state index in [1.54, 1.807) is 36.4 Å². The van der Waals surface area contributed by atoms with E-state index in [0.717, 1.165) is 0 Å². The van der Waals surface area contributed by atoms with Crippen molar-refractivity contribution in [3.63, 3.8) is 0 Å². The number of hydrogen-bond donors (Lipinski definition) is 2. The fraction of sp³-hybridized carbons (Fsp3) is 0.200. The maximum Gasteiger partial charge on any atom is 0.353 e. The van der Waals surface area contributed by atoms with Gasteiger partial charge in [-0.2, -0.15) is 0 Å². The van der Waals surface area contributed by atoms with Crippen LogP contribution < -0.4 is 24.8 Å². The number of aromatic nitrogens is 2. The van der Waals surface area contributed by atoms with Crippen LogP contribution in [0.5, 0.6) is 17.2 Å². The summed E-state index contributed by atoms with van der Waals surface area (Å²) in [5.41, 5.74) is 0.840. The molecule has 10 nitrogen and oxygen atoms in total. The molecule has 0 radical (unpaired) electrons. The van der Waals surface area contributed by atoms with Crippen LogP contribution >= 0.6 is 0 Å². The van der Waals surface area contributed by atoms with Crippen molar-refractivity contribution in [2.45, 2.75) is 6.92 Å². The Kier molecular flexibility index (Phi) is 5.46. The van der Waals surface area contributed by atoms with Gasteiger partial charge in [0.25, 0.3) is 0 Å². The van der Waals surface area contributed by atoms with Crippen LogP contribution in [0, 0.1) is 10.1 Å². The molecular formula is C20H19N5O5. The highest BCUT2D eigenvalue weighted by Crippen LogP contribution is 2.37. The highest BCUT2D eigenvalue weighted by Gasteiger charge is 2.24. The van der Waals surface area contributed by atoms with Gasteiger partial charge in [0.15, 0.2) is 11.5 Å². The Balaban J connectivity index is 1.66. The lowest BCUT2D eigenvalue weighted by molar-refractivity contribution is -0.383. The first-order chi connectivity index (χ1) is 14.7. The zero-order valence-corrected chi connectivity index (χ0v) is 16.1. The Bertz CT molecular complexity index is 1080. The van der Waals surface area contributed by atoms with E-state index in [1.807, 2.05) is 13.0 Å². The molecule has 2 N–H and O–H groups in total. The summed E-state index contributed by atoms with van der Waals surface area (Å²) in [5.74, 6) is 1.84. The molecule has 0 saturated heterocycles. The molecule has 4 rings (SSSR count). The van der Waals surface area contributed by atoms with Crippen LogP contribution in [-0.2, 0) is 0 Å². The smallest absolute Gasteiger partial charge is 0.353 e. The van der Waals surface area contributed by atoms with Crippen molar-refractivity contribution in [1.82, 2.24) is 9.97 Å². The first-order valence-electron chi connectivity index (χ1n) is 9.30. The zero-order valence-electron chi connectivity index (χ0n) is 16.1. The topological polar surface area (TPSA) is 121 Å². The highest BCUT2D eigenvalue weighted by molar-refractivity contribution is 5.78. The Labute approximate surface area is 172 Å². The van der Waals surface area contributed by atoms with E-state index >= 15 is 0 Å². The number of nitrogens with one attached hydrogen (secondary N) is 2. The van der Waals surface area contributed by atoms with Crippen molar-refractivity contribution in [2.75, 3.05) is 30.5 Å². The number of hydrogen-bond acceptors (Lipinski definition) is 9. The number of para-hydroxylation sites is 2. The lowest BCUT2D eigenvalue weighted by Gasteiger charge is -2.19. The van der Waals surface area contributed by atoms with Gasteiger partial charge < -0.3 is 24.8 Å². The molecule has 1 aromatic heterocycles. The van der Waals surface area contributed by atoms with Crippen molar-refractivity contribution in [3.8, 4) is 17.2 Å². The Morgan fingerprint density at radius 1 is 1.07 bits per heavy atom. The molecule has 0 fully saturated rings. The summed E-state index contributed by atoms with van der Waals surface area (Å²) in [6.07, 6.45) is 1.25. The van der Waals surface area contributed by atoms with Crippen molar-refractivity contribution in [3.05, 3.63) is 58.9 Å². The van der Waals surface area contributed by atoms with Gasteiger partial charge in [0.1, 0.15) is 25.3 Å². The Morgan fingerprint density at radius 2 is 1.80 bits per heavy atom. The largest absolute Gasteiger partial charge is 0.492 e. The minimum absolute atomic E-state index is 0.0437. The number of nitro groups is 1. The molecule has 0 amide bonds. The molecular weight excluding hydrogens is 390 g/mol. The predicted molar refractivity (Wildman–Crippen MR) is 110 cm³/mol. The third-order valence-corrected chi connectivity index (χ3v) is 4.25. The van der Waals surface area contributed by atoms with Crippen molar-refractivity contribution >= 4 is 28.7 Å². The molecule has 1 aliphatic rings. The summed E-state index contributed by atoms with van der Waals surface area (Å²) in [7, 11) is 0. The Hall–Kier alpha value is -4.08. The average Bonchev–Trinajstić information content (AvgIpc) is 2.75. The number of anilines is 4. The SMILES string of the molecule is CCOc1ccccc1Nc1ncnc(Nc2ccc3c(c2)OCCO3)c1[N+](=O)[O-]. The van der Waals surface area contributed by atoms with E-state index in [2.05, 4.69) is 20.6 Å². The van der Waals surface area contributed by atoms with Crippen LogP contribution in [0.1, 0.15) is 6.92 Å². The molecule has 2 heterocycles. The lowest BCUT2D eigenvalue weighted by Crippen LogP contribution is -2.15. The Morgan fingerprint density at radius 3 is 2.57 bits per heavy atom. The molecule has 0 unspecified atom stereocenters. The molecule has 0 atom stereocenters. The highest BCUT2D eigenvalue weighted by atomic mass is 16.6. The number of rotatable bonds is 7. The third-order valence-electron chi connectivity index (χ3n) is 4.25. The standard InChI is InChI=1S/C20H19N5O5/c1-2-28-15-6-4-3-5-14(15)24-20-18(25(26)27)19(21-12-22-20)23-13-7-8-16-17(11-13)30-10-9-29-16/h3-8,11-12H,2,9-10H2,1H3,(H2,21,22,23,24). The van der Waals surface area contributed by atoms with Crippen LogP contribution in [0.3, 0.4) is 0 Å². The normalized spacial score (nSPS) is 12.2. The average molecular weight is 409 g/mol. The summed E-state index contributed by atoms with van der Waals surface area (Å²) in [5, 5.41) is 17.8. The molecule has 0 aliphatic carbocycles. The molecule has 0 saturated carbocycles. The van der Waals surface area contributed by atoms with Gasteiger partial charge in [-0.05, 0) is 31.2 Å². The van der Waals surface area contributed by atoms with Gasteiger partial charge in [0, 0.05) is 11.8 Å². The van der Waals surface area contributed by atoms with E-state index in [-0.39, 0.29) is 17.3 Å². The molecule has 1 aliphatic heterocycles. The fourth-order valence-electron chi connectivity index (χ4n) is 2.97. The van der Waals surface area contributed by atoms with Gasteiger partial charge in [0.2, 0.25) is 11.6 Å². The number of benzene rings is 2. The number of nitrogens with zero attached hydrogens (tertiary/aromatic N) is 3. The quantitative estimate of drug-likeness (QED) is 0.440. The van der Waals surface area contributed by atoms with E-state index in [4.69, 9.17) is 14.2 Å². The maximum absolute atomic E-state index is 11.8. The van der Waals surface area contributed by atoms with Crippen LogP contribution in [0.4, 0.5) is 28.7 Å². The van der Waals surface area contributed by atoms with Crippen LogP contribution in [0.15, 0.2) is 48.8 Å². The van der Waals surface area contributed by atoms with Gasteiger partial charge >= 0.3 is 5.69 Å². The van der Waals surface area contributed by atoms with Gasteiger partial charge in [-0.1, -0.05) is 12.1 Å². The number of fused-ring (bicyclic) bond motifs is 1. The second kappa shape index (κ2) is 8.52. The summed E-state index contributed by atoms with van der Waals surface area (Å²) in [4.78, 5) is 19.4. The second-order valence-corrected chi connectivity index (χ2v) is 6.21. The molecule has 10 heteroatoms. The van der Waals surface area contributed by atoms with Gasteiger partial charge in [0.05, 0.1) is 17.2 Å². The maximum atomic E-state index is 11.8. The molecule has 3 aromatic rings. The summed E-state index contributed by atoms with van der Waals surface area (Å²) >= 11 is 0. The first-order valence-corrected chi connectivity index (χ1v) is 9.30. The molecule has 0 spiro atoms. The minimum atomic E-state index is -0.536. The van der Waals surface area contributed by atoms with Crippen molar-refractivity contribution < 1.29 is 19.1 Å². The monoisotopic (exact) mass is 409 g/mol. The fourth-order valence-corrected chi connectivity index (χ4v) is 2.97. The van der Waals surface area contributed by atoms with E-state index in [1.165, 1.54) is 6.33 Å². The zero-order chi connectivity index (χ0) is 20.9.